The van der Waals surface area contributed by atoms with E-state index in [1.165, 1.54) is 6.07 Å². The van der Waals surface area contributed by atoms with Gasteiger partial charge in [0.1, 0.15) is 17.4 Å². The molecule has 0 spiro atoms. The van der Waals surface area contributed by atoms with E-state index in [0.29, 0.717) is 14.9 Å². The summed E-state index contributed by atoms with van der Waals surface area (Å²) in [6, 6.07) is 14.3. The second-order valence-electron chi connectivity index (χ2n) is 5.12. The maximum atomic E-state index is 14.1. The summed E-state index contributed by atoms with van der Waals surface area (Å²) in [5.41, 5.74) is 1.02. The number of benzene rings is 3. The topological polar surface area (TPSA) is 32.3 Å². The average Bonchev–Trinajstić information content (AvgIpc) is 2.59. The van der Waals surface area contributed by atoms with Crippen LogP contribution in [0.4, 0.5) is 14.5 Å². The van der Waals surface area contributed by atoms with Gasteiger partial charge < -0.3 is 9.83 Å². The number of hydrogen-bond donors (Lipinski definition) is 2. The molecule has 0 aliphatic rings. The van der Waals surface area contributed by atoms with E-state index in [4.69, 9.17) is 11.6 Å². The number of phenols is 1. The minimum absolute atomic E-state index is 0.0979. The van der Waals surface area contributed by atoms with Crippen LogP contribution < -0.4 is 4.72 Å². The Balaban J connectivity index is 1.91. The van der Waals surface area contributed by atoms with Gasteiger partial charge in [0.05, 0.1) is 15.6 Å². The molecule has 3 aromatic rings. The molecule has 0 amide bonds. The molecule has 3 aromatic carbocycles. The molecule has 25 heavy (non-hydrogen) atoms. The Morgan fingerprint density at radius 3 is 2.44 bits per heavy atom. The Kier molecular flexibility index (Phi) is 5.51. The monoisotopic (exact) mass is 441 g/mol. The van der Waals surface area contributed by atoms with Crippen LogP contribution in [-0.4, -0.2) is 5.11 Å². The van der Waals surface area contributed by atoms with Crippen LogP contribution in [0.5, 0.6) is 5.75 Å². The quantitative estimate of drug-likeness (QED) is 0.432. The molecule has 2 N–H and O–H groups in total. The molecule has 3 rings (SSSR count). The highest BCUT2D eigenvalue weighted by Crippen LogP contribution is 2.38. The number of rotatable bonds is 4. The fourth-order valence-corrected chi connectivity index (χ4v) is 3.98. The molecular formula is C18H11BrClF2NOS. The van der Waals surface area contributed by atoms with Crippen LogP contribution >= 0.6 is 39.5 Å². The van der Waals surface area contributed by atoms with E-state index in [1.54, 1.807) is 36.4 Å². The van der Waals surface area contributed by atoms with E-state index in [-0.39, 0.29) is 22.0 Å². The van der Waals surface area contributed by atoms with Gasteiger partial charge in [-0.3, -0.25) is 0 Å². The van der Waals surface area contributed by atoms with Crippen molar-refractivity contribution in [2.75, 3.05) is 4.72 Å². The lowest BCUT2D eigenvalue weighted by atomic mass is 10.0. The van der Waals surface area contributed by atoms with E-state index < -0.39 is 11.6 Å². The largest absolute Gasteiger partial charge is 0.505 e. The van der Waals surface area contributed by atoms with Crippen LogP contribution in [0.3, 0.4) is 0 Å². The van der Waals surface area contributed by atoms with Gasteiger partial charge in [-0.15, -0.1) is 0 Å². The Bertz CT molecular complexity index is 925. The lowest BCUT2D eigenvalue weighted by Gasteiger charge is -2.12. The lowest BCUT2D eigenvalue weighted by molar-refractivity contribution is 0.462. The molecule has 0 saturated carbocycles. The van der Waals surface area contributed by atoms with Gasteiger partial charge in [0.2, 0.25) is 0 Å². The van der Waals surface area contributed by atoms with E-state index >= 15 is 0 Å². The normalized spacial score (nSPS) is 10.7. The first-order valence-corrected chi connectivity index (χ1v) is 9.10. The third-order valence-corrected chi connectivity index (χ3v) is 5.00. The van der Waals surface area contributed by atoms with Crippen molar-refractivity contribution in [2.24, 2.45) is 0 Å². The van der Waals surface area contributed by atoms with E-state index in [2.05, 4.69) is 20.7 Å². The minimum Gasteiger partial charge on any atom is -0.505 e. The average molecular weight is 443 g/mol. The Hall–Kier alpha value is -1.76. The van der Waals surface area contributed by atoms with Gasteiger partial charge in [-0.25, -0.2) is 8.78 Å². The summed E-state index contributed by atoms with van der Waals surface area (Å²) in [5, 5.41) is 10.1. The Morgan fingerprint density at radius 2 is 1.72 bits per heavy atom. The number of hydrogen-bond acceptors (Lipinski definition) is 3. The van der Waals surface area contributed by atoms with Crippen LogP contribution in [-0.2, 0) is 0 Å². The highest BCUT2D eigenvalue weighted by molar-refractivity contribution is 9.10. The summed E-state index contributed by atoms with van der Waals surface area (Å²) < 4.78 is 31.7. The molecule has 0 atom stereocenters. The second kappa shape index (κ2) is 7.64. The van der Waals surface area contributed by atoms with Gasteiger partial charge in [0, 0.05) is 16.1 Å². The second-order valence-corrected chi connectivity index (χ2v) is 7.29. The maximum absolute atomic E-state index is 14.1. The molecule has 0 aliphatic carbocycles. The summed E-state index contributed by atoms with van der Waals surface area (Å²) in [6.45, 7) is 0. The standard InChI is InChI=1S/C18H11BrClF2NOS/c19-11-6-13(20)18(24)17(7-11)25-23-16-8-12(14(21)9-15(16)22)10-4-2-1-3-5-10/h1-9,23-24H. The molecule has 0 bridgehead atoms. The van der Waals surface area contributed by atoms with Crippen molar-refractivity contribution in [1.29, 1.82) is 0 Å². The molecule has 0 saturated heterocycles. The first kappa shape index (κ1) is 18.0. The summed E-state index contributed by atoms with van der Waals surface area (Å²) in [6.07, 6.45) is 0. The first-order valence-electron chi connectivity index (χ1n) is 7.11. The van der Waals surface area contributed by atoms with Crippen molar-refractivity contribution < 1.29 is 13.9 Å². The van der Waals surface area contributed by atoms with Gasteiger partial charge in [-0.1, -0.05) is 57.9 Å². The third-order valence-electron chi connectivity index (χ3n) is 3.41. The molecule has 0 fully saturated rings. The highest BCUT2D eigenvalue weighted by Gasteiger charge is 2.14. The maximum Gasteiger partial charge on any atom is 0.150 e. The fraction of sp³-hybridized carbons (Fsp3) is 0. The third kappa shape index (κ3) is 4.08. The van der Waals surface area contributed by atoms with Crippen molar-refractivity contribution in [3.05, 3.63) is 75.7 Å². The molecule has 0 aromatic heterocycles. The van der Waals surface area contributed by atoms with Crippen molar-refractivity contribution in [1.82, 2.24) is 0 Å². The number of halogens is 4. The molecule has 0 radical (unpaired) electrons. The van der Waals surface area contributed by atoms with Crippen molar-refractivity contribution in [3.63, 3.8) is 0 Å². The zero-order valence-corrected chi connectivity index (χ0v) is 15.7. The minimum atomic E-state index is -0.731. The van der Waals surface area contributed by atoms with Gasteiger partial charge in [-0.2, -0.15) is 0 Å². The van der Waals surface area contributed by atoms with Crippen LogP contribution in [0.2, 0.25) is 5.02 Å². The Morgan fingerprint density at radius 1 is 1.00 bits per heavy atom. The molecule has 128 valence electrons. The van der Waals surface area contributed by atoms with Crippen LogP contribution in [0.1, 0.15) is 0 Å². The van der Waals surface area contributed by atoms with Gasteiger partial charge >= 0.3 is 0 Å². The molecular weight excluding hydrogens is 432 g/mol. The summed E-state index contributed by atoms with van der Waals surface area (Å²) in [5.74, 6) is -1.49. The molecule has 0 unspecified atom stereocenters. The summed E-state index contributed by atoms with van der Waals surface area (Å²) >= 11 is 10.2. The SMILES string of the molecule is Oc1c(Cl)cc(Br)cc1SNc1cc(-c2ccccc2)c(F)cc1F. The Labute approximate surface area is 161 Å². The van der Waals surface area contributed by atoms with Crippen molar-refractivity contribution >= 4 is 45.2 Å². The molecule has 7 heteroatoms. The van der Waals surface area contributed by atoms with Crippen LogP contribution in [0.25, 0.3) is 11.1 Å². The molecule has 2 nitrogen and oxygen atoms in total. The number of nitrogens with one attached hydrogen (secondary N) is 1. The smallest absolute Gasteiger partial charge is 0.150 e. The van der Waals surface area contributed by atoms with Gasteiger partial charge in [0.15, 0.2) is 0 Å². The predicted octanol–water partition coefficient (Wildman–Crippen LogP) is 6.87. The zero-order valence-electron chi connectivity index (χ0n) is 12.6. The predicted molar refractivity (Wildman–Crippen MR) is 102 cm³/mol. The van der Waals surface area contributed by atoms with Crippen LogP contribution in [0, 0.1) is 11.6 Å². The van der Waals surface area contributed by atoms with Gasteiger partial charge in [0.25, 0.3) is 0 Å². The molecule has 0 heterocycles. The van der Waals surface area contributed by atoms with Crippen molar-refractivity contribution in [3.8, 4) is 16.9 Å². The summed E-state index contributed by atoms with van der Waals surface area (Å²) in [4.78, 5) is 0.407. The number of anilines is 1. The zero-order chi connectivity index (χ0) is 18.0. The number of phenolic OH excluding ortho intramolecular Hbond substituents is 1. The first-order chi connectivity index (χ1) is 12.0. The molecule has 0 aliphatic heterocycles. The van der Waals surface area contributed by atoms with Crippen molar-refractivity contribution in [2.45, 2.75) is 4.90 Å². The van der Waals surface area contributed by atoms with Crippen LogP contribution in [0.15, 0.2) is 64.0 Å². The van der Waals surface area contributed by atoms with E-state index in [0.717, 1.165) is 18.0 Å². The fourth-order valence-electron chi connectivity index (χ4n) is 2.20. The van der Waals surface area contributed by atoms with Gasteiger partial charge in [-0.05, 0) is 35.7 Å². The summed E-state index contributed by atoms with van der Waals surface area (Å²) in [7, 11) is 0. The van der Waals surface area contributed by atoms with E-state index in [9.17, 15) is 13.9 Å². The lowest BCUT2D eigenvalue weighted by Crippen LogP contribution is -1.95. The van der Waals surface area contributed by atoms with E-state index in [1.807, 2.05) is 6.07 Å². The number of aromatic hydroxyl groups is 1. The highest BCUT2D eigenvalue weighted by atomic mass is 79.9.